The summed E-state index contributed by atoms with van der Waals surface area (Å²) in [6, 6.07) is 26.7. The van der Waals surface area contributed by atoms with Gasteiger partial charge in [0, 0.05) is 86.8 Å². The summed E-state index contributed by atoms with van der Waals surface area (Å²) in [6.07, 6.45) is 0.140. The van der Waals surface area contributed by atoms with Crippen LogP contribution in [0.25, 0.3) is 22.0 Å². The van der Waals surface area contributed by atoms with Gasteiger partial charge in [-0.05, 0) is 54.7 Å². The number of amides is 3. The fraction of sp³-hybridized carbons (Fsp3) is 0.348. The van der Waals surface area contributed by atoms with Gasteiger partial charge in [-0.15, -0.1) is 0 Å². The molecular formula is C46H51ClN6O9. The van der Waals surface area contributed by atoms with E-state index in [9.17, 15) is 29.4 Å². The van der Waals surface area contributed by atoms with Crippen molar-refractivity contribution in [3.63, 3.8) is 0 Å². The summed E-state index contributed by atoms with van der Waals surface area (Å²) in [4.78, 5) is 57.1. The molecule has 2 fully saturated rings. The van der Waals surface area contributed by atoms with Gasteiger partial charge in [0.05, 0.1) is 41.7 Å². The fourth-order valence-electron chi connectivity index (χ4n) is 7.97. The number of aromatic hydroxyl groups is 1. The van der Waals surface area contributed by atoms with Crippen LogP contribution in [-0.2, 0) is 20.8 Å². The number of fused-ring (bicyclic) bond motifs is 1. The van der Waals surface area contributed by atoms with Gasteiger partial charge in [-0.25, -0.2) is 9.59 Å². The van der Waals surface area contributed by atoms with Crippen molar-refractivity contribution in [1.29, 1.82) is 0 Å². The zero-order chi connectivity index (χ0) is 43.6. The molecule has 326 valence electrons. The standard InChI is InChI=1S/C46H51ClN6O9/c1-60-41-24-38(36(47)23-31(41)25-48-26-40(55)34-11-13-39(54)44-35(34)12-14-42(56)51-44)50-45(58)61-28-29-15-22-53(27-29)43(57)18-21-52-19-16-32(17-20-52)62-46(59)49-37-10-6-5-9-33(37)30-7-3-2-4-8-30/h2-14,23-24,29,32,40,48,54-55H,15-22,25-28H2,1H3,(H,49,59)(H,50,58)(H,51,56)/t29-,40+/m1/s1. The molecule has 1 aromatic heterocycles. The Bertz CT molecular complexity index is 2420. The predicted molar refractivity (Wildman–Crippen MR) is 237 cm³/mol. The van der Waals surface area contributed by atoms with Crippen LogP contribution in [0.1, 0.15) is 42.9 Å². The largest absolute Gasteiger partial charge is 0.506 e. The molecule has 7 rings (SSSR count). The van der Waals surface area contributed by atoms with E-state index in [4.69, 9.17) is 25.8 Å². The number of hydrogen-bond donors (Lipinski definition) is 6. The van der Waals surface area contributed by atoms with E-state index in [1.165, 1.54) is 19.2 Å². The third-order valence-corrected chi connectivity index (χ3v) is 11.6. The van der Waals surface area contributed by atoms with Crippen molar-refractivity contribution in [2.45, 2.75) is 44.4 Å². The number of halogens is 1. The number of nitrogens with zero attached hydrogens (tertiary/aromatic N) is 2. The minimum atomic E-state index is -0.958. The first-order chi connectivity index (χ1) is 30.0. The van der Waals surface area contributed by atoms with E-state index in [2.05, 4.69) is 25.8 Å². The maximum absolute atomic E-state index is 13.1. The highest BCUT2D eigenvalue weighted by Crippen LogP contribution is 2.33. The number of pyridine rings is 1. The van der Waals surface area contributed by atoms with E-state index in [1.807, 2.05) is 59.5 Å². The Hall–Kier alpha value is -6.13. The van der Waals surface area contributed by atoms with Gasteiger partial charge in [0.25, 0.3) is 0 Å². The molecule has 0 aliphatic carbocycles. The normalized spacial score (nSPS) is 16.2. The highest BCUT2D eigenvalue weighted by atomic mass is 35.5. The molecule has 4 aromatic carbocycles. The summed E-state index contributed by atoms with van der Waals surface area (Å²) < 4.78 is 16.9. The molecule has 0 radical (unpaired) electrons. The molecule has 2 atom stereocenters. The SMILES string of the molecule is COc1cc(NC(=O)OC[C@@H]2CCN(C(=O)CCN3CCC(OC(=O)Nc4ccccc4-c4ccccc4)CC3)C2)c(Cl)cc1CNC[C@H](O)c1ccc(O)c2[nH]c(=O)ccc12. The van der Waals surface area contributed by atoms with Crippen molar-refractivity contribution >= 4 is 52.0 Å². The summed E-state index contributed by atoms with van der Waals surface area (Å²) in [6.45, 7) is 3.71. The number of anilines is 2. The second-order valence-corrected chi connectivity index (χ2v) is 15.9. The third-order valence-electron chi connectivity index (χ3n) is 11.3. The number of aromatic nitrogens is 1. The van der Waals surface area contributed by atoms with Gasteiger partial charge < -0.3 is 44.5 Å². The number of carbonyl (C=O) groups excluding carboxylic acids is 3. The Labute approximate surface area is 363 Å². The molecule has 3 heterocycles. The molecule has 3 amide bonds. The summed E-state index contributed by atoms with van der Waals surface area (Å²) in [7, 11) is 1.49. The van der Waals surface area contributed by atoms with E-state index >= 15 is 0 Å². The molecular weight excluding hydrogens is 816 g/mol. The van der Waals surface area contributed by atoms with Crippen LogP contribution in [-0.4, -0.2) is 102 Å². The minimum Gasteiger partial charge on any atom is -0.506 e. The summed E-state index contributed by atoms with van der Waals surface area (Å²) >= 11 is 6.55. The number of aliphatic hydroxyl groups is 1. The van der Waals surface area contributed by atoms with Crippen molar-refractivity contribution < 1.29 is 38.8 Å². The maximum Gasteiger partial charge on any atom is 0.411 e. The first-order valence-electron chi connectivity index (χ1n) is 20.7. The van der Waals surface area contributed by atoms with E-state index in [0.717, 1.165) is 24.2 Å². The first kappa shape index (κ1) is 43.9. The van der Waals surface area contributed by atoms with Crippen LogP contribution in [0.2, 0.25) is 5.02 Å². The topological polar surface area (TPSA) is 195 Å². The quantitative estimate of drug-likeness (QED) is 0.0642. The Morgan fingerprint density at radius 2 is 1.66 bits per heavy atom. The molecule has 6 N–H and O–H groups in total. The van der Waals surface area contributed by atoms with Crippen molar-refractivity contribution in [1.82, 2.24) is 20.1 Å². The third kappa shape index (κ3) is 11.2. The molecule has 0 spiro atoms. The number of phenolic OH excluding ortho intramolecular Hbond substituents is 1. The molecule has 0 saturated carbocycles. The number of phenols is 1. The number of piperidine rings is 1. The number of hydrogen-bond acceptors (Lipinski definition) is 11. The molecule has 15 nitrogen and oxygen atoms in total. The molecule has 2 aliphatic rings. The maximum atomic E-state index is 13.1. The zero-order valence-corrected chi connectivity index (χ0v) is 35.2. The molecule has 0 bridgehead atoms. The lowest BCUT2D eigenvalue weighted by Crippen LogP contribution is -2.40. The summed E-state index contributed by atoms with van der Waals surface area (Å²) in [5.41, 5.74) is 4.01. The van der Waals surface area contributed by atoms with Gasteiger partial charge >= 0.3 is 12.2 Å². The summed E-state index contributed by atoms with van der Waals surface area (Å²) in [5.74, 6) is 0.414. The number of carbonyl (C=O) groups is 3. The number of ether oxygens (including phenoxy) is 3. The number of rotatable bonds is 15. The number of benzene rings is 4. The lowest BCUT2D eigenvalue weighted by molar-refractivity contribution is -0.130. The van der Waals surface area contributed by atoms with E-state index in [-0.39, 0.29) is 59.5 Å². The zero-order valence-electron chi connectivity index (χ0n) is 34.4. The van der Waals surface area contributed by atoms with E-state index < -0.39 is 18.3 Å². The van der Waals surface area contributed by atoms with Crippen LogP contribution in [0, 0.1) is 5.92 Å². The molecule has 0 unspecified atom stereocenters. The average molecular weight is 867 g/mol. The average Bonchev–Trinajstić information content (AvgIpc) is 3.76. The van der Waals surface area contributed by atoms with Crippen LogP contribution < -0.4 is 26.2 Å². The predicted octanol–water partition coefficient (Wildman–Crippen LogP) is 6.89. The van der Waals surface area contributed by atoms with Crippen molar-refractivity contribution in [3.05, 3.63) is 117 Å². The Kier molecular flexibility index (Phi) is 14.6. The first-order valence-corrected chi connectivity index (χ1v) is 21.1. The van der Waals surface area contributed by atoms with Gasteiger partial charge in [0.2, 0.25) is 11.5 Å². The van der Waals surface area contributed by atoms with Gasteiger partial charge in [-0.2, -0.15) is 0 Å². The lowest BCUT2D eigenvalue weighted by atomic mass is 10.0. The molecule has 5 aromatic rings. The minimum absolute atomic E-state index is 0.000868. The monoisotopic (exact) mass is 866 g/mol. The highest BCUT2D eigenvalue weighted by Gasteiger charge is 2.29. The highest BCUT2D eigenvalue weighted by molar-refractivity contribution is 6.33. The number of para-hydroxylation sites is 1. The Balaban J connectivity index is 0.794. The molecule has 62 heavy (non-hydrogen) atoms. The van der Waals surface area contributed by atoms with Gasteiger partial charge in [-0.1, -0.05) is 66.2 Å². The number of H-pyrrole nitrogens is 1. The second-order valence-electron chi connectivity index (χ2n) is 15.5. The molecule has 2 aliphatic heterocycles. The Morgan fingerprint density at radius 1 is 0.903 bits per heavy atom. The smallest absolute Gasteiger partial charge is 0.411 e. The second kappa shape index (κ2) is 20.6. The molecule has 2 saturated heterocycles. The lowest BCUT2D eigenvalue weighted by Gasteiger charge is -2.31. The van der Waals surface area contributed by atoms with Crippen LogP contribution in [0.3, 0.4) is 0 Å². The van der Waals surface area contributed by atoms with Crippen LogP contribution >= 0.6 is 11.6 Å². The fourth-order valence-corrected chi connectivity index (χ4v) is 8.20. The molecule has 16 heteroatoms. The van der Waals surface area contributed by atoms with Crippen LogP contribution in [0.5, 0.6) is 11.5 Å². The van der Waals surface area contributed by atoms with Crippen molar-refractivity contribution in [3.8, 4) is 22.6 Å². The number of methoxy groups -OCH3 is 1. The van der Waals surface area contributed by atoms with Gasteiger partial charge in [0.1, 0.15) is 17.6 Å². The number of aromatic amines is 1. The van der Waals surface area contributed by atoms with E-state index in [0.29, 0.717) is 79.0 Å². The van der Waals surface area contributed by atoms with Crippen molar-refractivity contribution in [2.75, 3.05) is 63.6 Å². The number of nitrogens with one attached hydrogen (secondary N) is 4. The number of aliphatic hydroxyl groups excluding tert-OH is 1. The van der Waals surface area contributed by atoms with Crippen molar-refractivity contribution in [2.24, 2.45) is 5.92 Å². The van der Waals surface area contributed by atoms with Gasteiger partial charge in [0.15, 0.2) is 0 Å². The van der Waals surface area contributed by atoms with Crippen LogP contribution in [0.4, 0.5) is 21.0 Å². The van der Waals surface area contributed by atoms with Gasteiger partial charge in [-0.3, -0.25) is 20.2 Å². The summed E-state index contributed by atoms with van der Waals surface area (Å²) in [5, 5.41) is 30.6. The van der Waals surface area contributed by atoms with Crippen LogP contribution in [0.15, 0.2) is 95.8 Å². The Morgan fingerprint density at radius 3 is 2.45 bits per heavy atom. The van der Waals surface area contributed by atoms with E-state index in [1.54, 1.807) is 24.3 Å². The number of likely N-dealkylation sites (tertiary alicyclic amines) is 2.